The van der Waals surface area contributed by atoms with Crippen molar-refractivity contribution in [3.8, 4) is 11.1 Å². The minimum Gasteiger partial charge on any atom is -0.480 e. The van der Waals surface area contributed by atoms with Gasteiger partial charge in [-0.1, -0.05) is 103 Å². The van der Waals surface area contributed by atoms with Crippen LogP contribution in [0.4, 0.5) is 5.69 Å². The van der Waals surface area contributed by atoms with Gasteiger partial charge in [0, 0.05) is 49.1 Å². The van der Waals surface area contributed by atoms with Crippen molar-refractivity contribution in [2.24, 2.45) is 0 Å². The molecule has 6 N–H and O–H groups in total. The van der Waals surface area contributed by atoms with Gasteiger partial charge in [-0.3, -0.25) is 24.0 Å². The van der Waals surface area contributed by atoms with Crippen LogP contribution in [0.15, 0.2) is 127 Å². The molecule has 0 unspecified atom stereocenters. The average Bonchev–Trinajstić information content (AvgIpc) is 3.73. The predicted molar refractivity (Wildman–Crippen MR) is 217 cm³/mol. The van der Waals surface area contributed by atoms with Gasteiger partial charge in [-0.05, 0) is 51.4 Å². The van der Waals surface area contributed by atoms with Gasteiger partial charge in [0.15, 0.2) is 0 Å². The molecule has 2 aliphatic heterocycles. The molecule has 1 aromatic heterocycles. The fourth-order valence-corrected chi connectivity index (χ4v) is 7.25. The second-order valence-corrected chi connectivity index (χ2v) is 14.9. The van der Waals surface area contributed by atoms with Crippen LogP contribution in [0.2, 0.25) is 0 Å². The summed E-state index contributed by atoms with van der Waals surface area (Å²) >= 11 is 1.39. The SMILES string of the molecule is O=C1CCC(=O)N[C@H](Cc2cccs2)C(=O)N[C@@H](Cc2ccc(-c3ccccc3)cc2)C(=O)N[C@H](Cc2ccccc2)C(=O)Nc2ccc(cc2)C[C@@H](C(=O)O)N1. The summed E-state index contributed by atoms with van der Waals surface area (Å²) in [5, 5.41) is 25.5. The molecule has 7 rings (SSSR count). The summed E-state index contributed by atoms with van der Waals surface area (Å²) in [6.07, 6.45) is -0.362. The first-order chi connectivity index (χ1) is 27.6. The zero-order chi connectivity index (χ0) is 40.1. The summed E-state index contributed by atoms with van der Waals surface area (Å²) in [5.41, 5.74) is 4.51. The fourth-order valence-electron chi connectivity index (χ4n) is 6.50. The number of amides is 5. The van der Waals surface area contributed by atoms with E-state index in [4.69, 9.17) is 0 Å². The third-order valence-electron chi connectivity index (χ3n) is 9.56. The molecule has 4 aromatic carbocycles. The van der Waals surface area contributed by atoms with Crippen molar-refractivity contribution in [1.29, 1.82) is 0 Å². The standard InChI is InChI=1S/C44H43N5O7S/c50-39-21-22-40(51)47-38(44(55)56)26-30-15-19-33(20-16-30)45-41(52)35(24-28-8-3-1-4-9-28)48-42(53)36(49-43(54)37(46-39)27-34-12-7-23-57-34)25-29-13-17-32(18-14-29)31-10-5-2-6-11-31/h1-20,23,35-38H,21-22,24-27H2,(H,45,52)(H,46,50)(H,47,51)(H,48,53)(H,49,54)(H,55,56)/t35-,36+,37-,38+/m1/s1. The molecular weight excluding hydrogens is 743 g/mol. The van der Waals surface area contributed by atoms with Gasteiger partial charge in [0.2, 0.25) is 29.5 Å². The van der Waals surface area contributed by atoms with Crippen molar-refractivity contribution in [2.75, 3.05) is 5.32 Å². The number of carboxylic acids is 1. The maximum atomic E-state index is 14.4. The van der Waals surface area contributed by atoms with Gasteiger partial charge in [0.25, 0.3) is 0 Å². The molecule has 0 aliphatic carbocycles. The van der Waals surface area contributed by atoms with E-state index in [9.17, 15) is 33.9 Å². The first kappa shape index (κ1) is 40.1. The van der Waals surface area contributed by atoms with Crippen LogP contribution in [-0.2, 0) is 54.5 Å². The largest absolute Gasteiger partial charge is 0.480 e. The van der Waals surface area contributed by atoms with Crippen LogP contribution in [0, 0.1) is 0 Å². The highest BCUT2D eigenvalue weighted by atomic mass is 32.1. The Hall–Kier alpha value is -6.60. The molecule has 2 aliphatic rings. The Balaban J connectivity index is 1.33. The number of fused-ring (bicyclic) bond motifs is 18. The summed E-state index contributed by atoms with van der Waals surface area (Å²) < 4.78 is 0. The normalized spacial score (nSPS) is 19.9. The van der Waals surface area contributed by atoms with Crippen LogP contribution in [0.3, 0.4) is 0 Å². The quantitative estimate of drug-likeness (QED) is 0.126. The topological polar surface area (TPSA) is 183 Å². The number of carbonyl (C=O) groups is 6. The number of benzene rings is 4. The highest BCUT2D eigenvalue weighted by Gasteiger charge is 2.31. The van der Waals surface area contributed by atoms with Gasteiger partial charge in [-0.15, -0.1) is 11.3 Å². The van der Waals surface area contributed by atoms with E-state index in [1.54, 1.807) is 24.3 Å². The molecule has 5 amide bonds. The Kier molecular flexibility index (Phi) is 13.6. The summed E-state index contributed by atoms with van der Waals surface area (Å²) in [4.78, 5) is 81.4. The monoisotopic (exact) mass is 785 g/mol. The maximum absolute atomic E-state index is 14.4. The Morgan fingerprint density at radius 3 is 1.70 bits per heavy atom. The molecule has 2 bridgehead atoms. The van der Waals surface area contributed by atoms with Crippen molar-refractivity contribution in [3.05, 3.63) is 148 Å². The van der Waals surface area contributed by atoms with Crippen LogP contribution < -0.4 is 26.6 Å². The molecule has 13 heteroatoms. The number of hydrogen-bond donors (Lipinski definition) is 6. The van der Waals surface area contributed by atoms with Crippen molar-refractivity contribution >= 4 is 52.5 Å². The summed E-state index contributed by atoms with van der Waals surface area (Å²) in [5.74, 6) is -4.26. The molecule has 3 heterocycles. The summed E-state index contributed by atoms with van der Waals surface area (Å²) in [6.45, 7) is 0. The third kappa shape index (κ3) is 11.7. The molecule has 0 radical (unpaired) electrons. The second kappa shape index (κ2) is 19.3. The Labute approximate surface area is 334 Å². The van der Waals surface area contributed by atoms with Crippen LogP contribution in [0.25, 0.3) is 11.1 Å². The number of hydrogen-bond acceptors (Lipinski definition) is 7. The number of anilines is 1. The van der Waals surface area contributed by atoms with Crippen LogP contribution in [-0.4, -0.2) is 64.8 Å². The minimum absolute atomic E-state index is 0.0480. The van der Waals surface area contributed by atoms with Crippen LogP contribution in [0.1, 0.15) is 34.4 Å². The van der Waals surface area contributed by atoms with Gasteiger partial charge in [0.05, 0.1) is 0 Å². The van der Waals surface area contributed by atoms with Crippen molar-refractivity contribution < 1.29 is 33.9 Å². The molecule has 57 heavy (non-hydrogen) atoms. The van der Waals surface area contributed by atoms with E-state index in [0.717, 1.165) is 27.1 Å². The lowest BCUT2D eigenvalue weighted by Gasteiger charge is -2.26. The zero-order valence-electron chi connectivity index (χ0n) is 31.0. The van der Waals surface area contributed by atoms with Gasteiger partial charge >= 0.3 is 5.97 Å². The van der Waals surface area contributed by atoms with Crippen molar-refractivity contribution in [1.82, 2.24) is 21.3 Å². The minimum atomic E-state index is -1.27. The third-order valence-corrected chi connectivity index (χ3v) is 10.5. The lowest BCUT2D eigenvalue weighted by molar-refractivity contribution is -0.141. The lowest BCUT2D eigenvalue weighted by atomic mass is 9.99. The van der Waals surface area contributed by atoms with E-state index in [-0.39, 0.29) is 38.5 Å². The maximum Gasteiger partial charge on any atom is 0.326 e. The molecule has 0 fully saturated rings. The van der Waals surface area contributed by atoms with Crippen molar-refractivity contribution in [3.63, 3.8) is 0 Å². The Morgan fingerprint density at radius 1 is 0.561 bits per heavy atom. The average molecular weight is 786 g/mol. The highest BCUT2D eigenvalue weighted by Crippen LogP contribution is 2.21. The van der Waals surface area contributed by atoms with E-state index in [2.05, 4.69) is 26.6 Å². The Morgan fingerprint density at radius 2 is 1.11 bits per heavy atom. The van der Waals surface area contributed by atoms with E-state index in [0.29, 0.717) is 11.3 Å². The molecule has 12 nitrogen and oxygen atoms in total. The van der Waals surface area contributed by atoms with Crippen molar-refractivity contribution in [2.45, 2.75) is 62.7 Å². The number of rotatable bonds is 8. The number of carboxylic acid groups (broad SMARTS) is 1. The molecule has 0 spiro atoms. The Bertz CT molecular complexity index is 2160. The number of aliphatic carboxylic acids is 1. The first-order valence-corrected chi connectivity index (χ1v) is 19.5. The van der Waals surface area contributed by atoms with Crippen LogP contribution in [0.5, 0.6) is 0 Å². The highest BCUT2D eigenvalue weighted by molar-refractivity contribution is 7.09. The molecular formula is C44H43N5O7S. The predicted octanol–water partition coefficient (Wildman–Crippen LogP) is 4.44. The molecule has 0 saturated carbocycles. The summed E-state index contributed by atoms with van der Waals surface area (Å²) in [7, 11) is 0. The van der Waals surface area contributed by atoms with Gasteiger partial charge in [0.1, 0.15) is 24.2 Å². The molecule has 292 valence electrons. The van der Waals surface area contributed by atoms with Gasteiger partial charge < -0.3 is 31.7 Å². The van der Waals surface area contributed by atoms with E-state index >= 15 is 0 Å². The zero-order valence-corrected chi connectivity index (χ0v) is 31.8. The number of carbonyl (C=O) groups excluding carboxylic acids is 5. The number of thiophene rings is 1. The number of nitrogens with one attached hydrogen (secondary N) is 5. The molecule has 0 saturated heterocycles. The van der Waals surface area contributed by atoms with Crippen LogP contribution >= 0.6 is 11.3 Å². The molecule has 4 atom stereocenters. The second-order valence-electron chi connectivity index (χ2n) is 13.8. The van der Waals surface area contributed by atoms with E-state index < -0.39 is 59.7 Å². The van der Waals surface area contributed by atoms with E-state index in [1.807, 2.05) is 102 Å². The van der Waals surface area contributed by atoms with E-state index in [1.165, 1.54) is 11.3 Å². The molecule has 5 aromatic rings. The fraction of sp³-hybridized carbons (Fsp3) is 0.227. The first-order valence-electron chi connectivity index (χ1n) is 18.6. The van der Waals surface area contributed by atoms with Gasteiger partial charge in [-0.25, -0.2) is 4.79 Å². The smallest absolute Gasteiger partial charge is 0.326 e. The summed E-state index contributed by atoms with van der Waals surface area (Å²) in [6, 6.07) is 32.1. The van der Waals surface area contributed by atoms with Gasteiger partial charge in [-0.2, -0.15) is 0 Å². The lowest BCUT2D eigenvalue weighted by Crippen LogP contribution is -2.57.